The Morgan fingerprint density at radius 1 is 1.45 bits per heavy atom. The van der Waals surface area contributed by atoms with Crippen LogP contribution in [0.3, 0.4) is 0 Å². The highest BCUT2D eigenvalue weighted by Gasteiger charge is 2.33. The van der Waals surface area contributed by atoms with E-state index in [1.807, 2.05) is 0 Å². The zero-order valence-electron chi connectivity index (χ0n) is 10.7. The van der Waals surface area contributed by atoms with Crippen LogP contribution in [0.25, 0.3) is 0 Å². The second kappa shape index (κ2) is 6.62. The fourth-order valence-electron chi connectivity index (χ4n) is 1.69. The van der Waals surface area contributed by atoms with Crippen LogP contribution in [0.5, 0.6) is 0 Å². The molecule has 0 heterocycles. The van der Waals surface area contributed by atoms with Crippen LogP contribution in [0.1, 0.15) is 22.3 Å². The van der Waals surface area contributed by atoms with Gasteiger partial charge in [0, 0.05) is 17.1 Å². The van der Waals surface area contributed by atoms with Gasteiger partial charge in [0.15, 0.2) is 0 Å². The highest BCUT2D eigenvalue weighted by molar-refractivity contribution is 6.30. The van der Waals surface area contributed by atoms with Crippen molar-refractivity contribution in [3.05, 3.63) is 34.3 Å². The fraction of sp³-hybridized carbons (Fsp3) is 0.385. The third-order valence-electron chi connectivity index (χ3n) is 2.57. The topological polar surface area (TPSA) is 44.1 Å². The molecule has 0 fully saturated rings. The summed E-state index contributed by atoms with van der Waals surface area (Å²) in [4.78, 5) is 12.8. The van der Waals surface area contributed by atoms with E-state index in [0.717, 1.165) is 0 Å². The highest BCUT2D eigenvalue weighted by Crippen LogP contribution is 2.21. The van der Waals surface area contributed by atoms with Gasteiger partial charge in [0.2, 0.25) is 0 Å². The normalized spacial score (nSPS) is 11.0. The van der Waals surface area contributed by atoms with Crippen molar-refractivity contribution in [1.29, 1.82) is 5.26 Å². The molecule has 0 atom stereocenters. The van der Waals surface area contributed by atoms with Crippen molar-refractivity contribution in [2.75, 3.05) is 13.1 Å². The van der Waals surface area contributed by atoms with Crippen LogP contribution in [-0.4, -0.2) is 30.1 Å². The molecular formula is C13H12ClF3N2O. The molecule has 1 aromatic rings. The number of nitrogens with zero attached hydrogens (tertiary/aromatic N) is 2. The van der Waals surface area contributed by atoms with Gasteiger partial charge in [0.25, 0.3) is 5.91 Å². The Balaban J connectivity index is 3.00. The number of halogens is 4. The Morgan fingerprint density at radius 2 is 2.10 bits per heavy atom. The fourth-order valence-corrected chi connectivity index (χ4v) is 1.92. The maximum absolute atomic E-state index is 12.5. The Labute approximate surface area is 119 Å². The lowest BCUT2D eigenvalue weighted by atomic mass is 10.1. The summed E-state index contributed by atoms with van der Waals surface area (Å²) < 4.78 is 37.4. The minimum absolute atomic E-state index is 0.150. The molecule has 0 saturated heterocycles. The highest BCUT2D eigenvalue weighted by atomic mass is 35.5. The van der Waals surface area contributed by atoms with Gasteiger partial charge in [0.1, 0.15) is 6.54 Å². The molecule has 3 nitrogen and oxygen atoms in total. The molecule has 108 valence electrons. The SMILES string of the molecule is Cc1cc(Cl)ccc1C(=O)N(CCC#N)CC(F)(F)F. The lowest BCUT2D eigenvalue weighted by Crippen LogP contribution is -2.39. The molecule has 1 aromatic carbocycles. The van der Waals surface area contributed by atoms with Crippen LogP contribution in [0.2, 0.25) is 5.02 Å². The number of carbonyl (C=O) groups excluding carboxylic acids is 1. The van der Waals surface area contributed by atoms with Gasteiger partial charge in [-0.2, -0.15) is 18.4 Å². The molecule has 0 aliphatic heterocycles. The van der Waals surface area contributed by atoms with E-state index in [2.05, 4.69) is 0 Å². The monoisotopic (exact) mass is 304 g/mol. The van der Waals surface area contributed by atoms with Gasteiger partial charge in [-0.25, -0.2) is 0 Å². The number of amides is 1. The smallest absolute Gasteiger partial charge is 0.328 e. The zero-order valence-corrected chi connectivity index (χ0v) is 11.4. The maximum atomic E-state index is 12.5. The van der Waals surface area contributed by atoms with E-state index in [9.17, 15) is 18.0 Å². The molecule has 0 aliphatic carbocycles. The number of carbonyl (C=O) groups is 1. The van der Waals surface area contributed by atoms with E-state index in [1.165, 1.54) is 18.2 Å². The maximum Gasteiger partial charge on any atom is 0.406 e. The van der Waals surface area contributed by atoms with E-state index < -0.39 is 18.6 Å². The summed E-state index contributed by atoms with van der Waals surface area (Å²) in [7, 11) is 0. The lowest BCUT2D eigenvalue weighted by molar-refractivity contribution is -0.140. The van der Waals surface area contributed by atoms with E-state index in [1.54, 1.807) is 13.0 Å². The second-order valence-corrected chi connectivity index (χ2v) is 4.65. The first-order chi connectivity index (χ1) is 9.24. The first-order valence-electron chi connectivity index (χ1n) is 5.73. The third kappa shape index (κ3) is 4.74. The number of benzene rings is 1. The molecule has 0 radical (unpaired) electrons. The summed E-state index contributed by atoms with van der Waals surface area (Å²) in [6.45, 7) is -0.0539. The summed E-state index contributed by atoms with van der Waals surface area (Å²) >= 11 is 5.74. The Bertz CT molecular complexity index is 537. The van der Waals surface area contributed by atoms with E-state index >= 15 is 0 Å². The average molecular weight is 305 g/mol. The van der Waals surface area contributed by atoms with Crippen molar-refractivity contribution in [3.63, 3.8) is 0 Å². The number of alkyl halides is 3. The van der Waals surface area contributed by atoms with Gasteiger partial charge in [-0.05, 0) is 30.7 Å². The standard InChI is InChI=1S/C13H12ClF3N2O/c1-9-7-10(14)3-4-11(9)12(20)19(6-2-5-18)8-13(15,16)17/h3-4,7H,2,6,8H2,1H3. The molecule has 0 aliphatic rings. The molecule has 0 bridgehead atoms. The van der Waals surface area contributed by atoms with Crippen molar-refractivity contribution in [1.82, 2.24) is 4.90 Å². The predicted molar refractivity (Wildman–Crippen MR) is 68.4 cm³/mol. The van der Waals surface area contributed by atoms with Crippen molar-refractivity contribution in [2.45, 2.75) is 19.5 Å². The predicted octanol–water partition coefficient (Wildman–Crippen LogP) is 3.57. The number of nitriles is 1. The summed E-state index contributed by atoms with van der Waals surface area (Å²) in [6, 6.07) is 6.06. The number of aryl methyl sites for hydroxylation is 1. The molecule has 0 aromatic heterocycles. The number of rotatable bonds is 4. The second-order valence-electron chi connectivity index (χ2n) is 4.21. The summed E-state index contributed by atoms with van der Waals surface area (Å²) in [6.07, 6.45) is -4.67. The minimum Gasteiger partial charge on any atom is -0.328 e. The first-order valence-corrected chi connectivity index (χ1v) is 6.11. The molecular weight excluding hydrogens is 293 g/mol. The van der Waals surface area contributed by atoms with Gasteiger partial charge < -0.3 is 4.90 Å². The van der Waals surface area contributed by atoms with Crippen LogP contribution >= 0.6 is 11.6 Å². The number of hydrogen-bond acceptors (Lipinski definition) is 2. The van der Waals surface area contributed by atoms with Gasteiger partial charge in [-0.1, -0.05) is 11.6 Å². The first kappa shape index (κ1) is 16.3. The largest absolute Gasteiger partial charge is 0.406 e. The van der Waals surface area contributed by atoms with Gasteiger partial charge in [-0.15, -0.1) is 0 Å². The lowest BCUT2D eigenvalue weighted by Gasteiger charge is -2.23. The Kier molecular flexibility index (Phi) is 5.40. The van der Waals surface area contributed by atoms with Crippen molar-refractivity contribution < 1.29 is 18.0 Å². The van der Waals surface area contributed by atoms with E-state index in [4.69, 9.17) is 16.9 Å². The molecule has 1 rings (SSSR count). The summed E-state index contributed by atoms with van der Waals surface area (Å²) in [5, 5.41) is 8.87. The molecule has 0 unspecified atom stereocenters. The summed E-state index contributed by atoms with van der Waals surface area (Å²) in [5.74, 6) is -0.758. The molecule has 0 saturated carbocycles. The van der Waals surface area contributed by atoms with Crippen LogP contribution in [0, 0.1) is 18.3 Å². The molecule has 0 spiro atoms. The average Bonchev–Trinajstić information content (AvgIpc) is 2.32. The van der Waals surface area contributed by atoms with Crippen LogP contribution < -0.4 is 0 Å². The van der Waals surface area contributed by atoms with E-state index in [0.29, 0.717) is 15.5 Å². The van der Waals surface area contributed by atoms with Gasteiger partial charge in [0.05, 0.1) is 12.5 Å². The molecule has 20 heavy (non-hydrogen) atoms. The quantitative estimate of drug-likeness (QED) is 0.853. The van der Waals surface area contributed by atoms with Crippen LogP contribution in [0.15, 0.2) is 18.2 Å². The van der Waals surface area contributed by atoms with E-state index in [-0.39, 0.29) is 18.5 Å². The molecule has 1 amide bonds. The van der Waals surface area contributed by atoms with Crippen LogP contribution in [-0.2, 0) is 0 Å². The van der Waals surface area contributed by atoms with Crippen molar-refractivity contribution >= 4 is 17.5 Å². The third-order valence-corrected chi connectivity index (χ3v) is 2.80. The van der Waals surface area contributed by atoms with Gasteiger partial charge in [-0.3, -0.25) is 4.79 Å². The molecule has 0 N–H and O–H groups in total. The Hall–Kier alpha value is -1.74. The molecule has 7 heteroatoms. The van der Waals surface area contributed by atoms with Crippen LogP contribution in [0.4, 0.5) is 13.2 Å². The minimum atomic E-state index is -4.51. The van der Waals surface area contributed by atoms with Crippen molar-refractivity contribution in [2.24, 2.45) is 0 Å². The van der Waals surface area contributed by atoms with Crippen molar-refractivity contribution in [3.8, 4) is 6.07 Å². The summed E-state index contributed by atoms with van der Waals surface area (Å²) in [5.41, 5.74) is 0.642. The van der Waals surface area contributed by atoms with Gasteiger partial charge >= 0.3 is 6.18 Å². The Morgan fingerprint density at radius 3 is 2.60 bits per heavy atom. The zero-order chi connectivity index (χ0) is 15.3. The number of hydrogen-bond donors (Lipinski definition) is 0.